The molecule has 0 radical (unpaired) electrons. The van der Waals surface area contributed by atoms with Crippen molar-refractivity contribution in [2.45, 2.75) is 32.1 Å². The zero-order valence-electron chi connectivity index (χ0n) is 12.3. The minimum atomic E-state index is -3.77. The summed E-state index contributed by atoms with van der Waals surface area (Å²) in [7, 11) is -7.20. The van der Waals surface area contributed by atoms with Crippen LogP contribution in [0.3, 0.4) is 0 Å². The van der Waals surface area contributed by atoms with Crippen molar-refractivity contribution in [2.75, 3.05) is 16.6 Å². The molecule has 1 heterocycles. The van der Waals surface area contributed by atoms with Gasteiger partial charge in [0.15, 0.2) is 0 Å². The third kappa shape index (κ3) is 3.56. The predicted octanol–water partition coefficient (Wildman–Crippen LogP) is 1.07. The molecule has 0 fully saturated rings. The van der Waals surface area contributed by atoms with Gasteiger partial charge in [-0.2, -0.15) is 0 Å². The fourth-order valence-electron chi connectivity index (χ4n) is 2.44. The van der Waals surface area contributed by atoms with Crippen LogP contribution in [0, 0.1) is 5.41 Å². The lowest BCUT2D eigenvalue weighted by Gasteiger charge is -2.25. The summed E-state index contributed by atoms with van der Waals surface area (Å²) >= 11 is 0. The van der Waals surface area contributed by atoms with E-state index in [1.165, 1.54) is 22.5 Å². The predicted molar refractivity (Wildman–Crippen MR) is 82.1 cm³/mol. The van der Waals surface area contributed by atoms with Crippen LogP contribution in [0.2, 0.25) is 0 Å². The van der Waals surface area contributed by atoms with Gasteiger partial charge in [-0.3, -0.25) is 4.31 Å². The van der Waals surface area contributed by atoms with E-state index in [4.69, 9.17) is 5.14 Å². The summed E-state index contributed by atoms with van der Waals surface area (Å²) in [5.41, 5.74) is 0.896. The van der Waals surface area contributed by atoms with Crippen molar-refractivity contribution in [3.63, 3.8) is 0 Å². The molecular weight excluding hydrogens is 312 g/mol. The lowest BCUT2D eigenvalue weighted by atomic mass is 10.0. The maximum Gasteiger partial charge on any atom is 0.238 e. The molecule has 0 unspecified atom stereocenters. The molecule has 6 nitrogen and oxygen atoms in total. The first kappa shape index (κ1) is 16.3. The van der Waals surface area contributed by atoms with Gasteiger partial charge in [-0.1, -0.05) is 20.8 Å². The minimum absolute atomic E-state index is 0.0105. The van der Waals surface area contributed by atoms with E-state index >= 15 is 0 Å². The molecule has 0 aromatic heterocycles. The van der Waals surface area contributed by atoms with E-state index in [1.54, 1.807) is 0 Å². The highest BCUT2D eigenvalue weighted by molar-refractivity contribution is 7.92. The SMILES string of the molecule is CC(C)(C)CS(=O)(=O)N1CCc2cc(S(N)(=O)=O)ccc21. The zero-order chi connectivity index (χ0) is 16.1. The molecule has 118 valence electrons. The van der Waals surface area contributed by atoms with Crippen molar-refractivity contribution in [3.05, 3.63) is 23.8 Å². The lowest BCUT2D eigenvalue weighted by Crippen LogP contribution is -2.35. The number of anilines is 1. The largest absolute Gasteiger partial charge is 0.270 e. The van der Waals surface area contributed by atoms with Gasteiger partial charge < -0.3 is 0 Å². The number of rotatable bonds is 3. The highest BCUT2D eigenvalue weighted by atomic mass is 32.2. The van der Waals surface area contributed by atoms with Crippen LogP contribution in [0.25, 0.3) is 0 Å². The Morgan fingerprint density at radius 2 is 1.81 bits per heavy atom. The first-order chi connectivity index (χ1) is 9.40. The molecule has 8 heteroatoms. The molecule has 1 aromatic rings. The number of nitrogens with zero attached hydrogens (tertiary/aromatic N) is 1. The Labute approximate surface area is 126 Å². The molecule has 21 heavy (non-hydrogen) atoms. The van der Waals surface area contributed by atoms with Gasteiger partial charge in [-0.05, 0) is 35.6 Å². The van der Waals surface area contributed by atoms with Crippen LogP contribution in [0.1, 0.15) is 26.3 Å². The molecule has 0 saturated heterocycles. The number of fused-ring (bicyclic) bond motifs is 1. The summed E-state index contributed by atoms with van der Waals surface area (Å²) in [5.74, 6) is 0.0381. The third-order valence-corrected chi connectivity index (χ3v) is 6.38. The Balaban J connectivity index is 2.40. The molecule has 2 N–H and O–H groups in total. The van der Waals surface area contributed by atoms with Gasteiger partial charge in [0, 0.05) is 6.54 Å². The van der Waals surface area contributed by atoms with Crippen molar-refractivity contribution < 1.29 is 16.8 Å². The van der Waals surface area contributed by atoms with E-state index in [2.05, 4.69) is 0 Å². The molecule has 0 spiro atoms. The second kappa shape index (κ2) is 4.96. The Bertz CT molecular complexity index is 762. The van der Waals surface area contributed by atoms with Crippen LogP contribution >= 0.6 is 0 Å². The van der Waals surface area contributed by atoms with Crippen LogP contribution in [-0.2, 0) is 26.5 Å². The van der Waals surface area contributed by atoms with Crippen LogP contribution < -0.4 is 9.44 Å². The van der Waals surface area contributed by atoms with Gasteiger partial charge >= 0.3 is 0 Å². The first-order valence-electron chi connectivity index (χ1n) is 6.56. The van der Waals surface area contributed by atoms with Crippen molar-refractivity contribution in [1.29, 1.82) is 0 Å². The summed E-state index contributed by atoms with van der Waals surface area (Å²) in [6.07, 6.45) is 0.488. The van der Waals surface area contributed by atoms with Gasteiger partial charge in [0.2, 0.25) is 20.0 Å². The summed E-state index contributed by atoms with van der Waals surface area (Å²) in [4.78, 5) is 0.0105. The van der Waals surface area contributed by atoms with E-state index in [0.29, 0.717) is 24.2 Å². The van der Waals surface area contributed by atoms with Crippen molar-refractivity contribution in [1.82, 2.24) is 0 Å². The molecule has 2 rings (SSSR count). The summed E-state index contributed by atoms with van der Waals surface area (Å²) in [6, 6.07) is 4.32. The molecular formula is C13H20N2O4S2. The Hall–Kier alpha value is -1.12. The maximum absolute atomic E-state index is 12.5. The molecule has 0 atom stereocenters. The minimum Gasteiger partial charge on any atom is -0.270 e. The fourth-order valence-corrected chi connectivity index (χ4v) is 5.10. The molecule has 1 aliphatic heterocycles. The van der Waals surface area contributed by atoms with Gasteiger partial charge in [0.25, 0.3) is 0 Å². The summed E-state index contributed by atoms with van der Waals surface area (Å²) < 4.78 is 49.0. The number of primary sulfonamides is 1. The Morgan fingerprint density at radius 1 is 1.19 bits per heavy atom. The maximum atomic E-state index is 12.5. The Kier molecular flexibility index (Phi) is 3.84. The zero-order valence-corrected chi connectivity index (χ0v) is 14.0. The van der Waals surface area contributed by atoms with E-state index in [1.807, 2.05) is 20.8 Å². The Morgan fingerprint density at radius 3 is 2.33 bits per heavy atom. The number of benzene rings is 1. The lowest BCUT2D eigenvalue weighted by molar-refractivity contribution is 0.461. The van der Waals surface area contributed by atoms with Crippen LogP contribution in [0.15, 0.2) is 23.1 Å². The van der Waals surface area contributed by atoms with Gasteiger partial charge in [0.1, 0.15) is 0 Å². The normalized spacial score (nSPS) is 16.1. The average Bonchev–Trinajstić information content (AvgIpc) is 2.67. The quantitative estimate of drug-likeness (QED) is 0.895. The molecule has 0 saturated carbocycles. The first-order valence-corrected chi connectivity index (χ1v) is 9.72. The number of sulfonamides is 2. The smallest absolute Gasteiger partial charge is 0.238 e. The van der Waals surface area contributed by atoms with Crippen LogP contribution in [-0.4, -0.2) is 29.1 Å². The van der Waals surface area contributed by atoms with Crippen LogP contribution in [0.4, 0.5) is 5.69 Å². The molecule has 0 aliphatic carbocycles. The van der Waals surface area contributed by atoms with Crippen molar-refractivity contribution >= 4 is 25.7 Å². The van der Waals surface area contributed by atoms with E-state index in [0.717, 1.165) is 0 Å². The van der Waals surface area contributed by atoms with Crippen molar-refractivity contribution in [3.8, 4) is 0 Å². The van der Waals surface area contributed by atoms with Crippen LogP contribution in [0.5, 0.6) is 0 Å². The highest BCUT2D eigenvalue weighted by Crippen LogP contribution is 2.33. The topological polar surface area (TPSA) is 97.5 Å². The standard InChI is InChI=1S/C13H20N2O4S2/c1-13(2,3)9-20(16,17)15-7-6-10-8-11(21(14,18)19)4-5-12(10)15/h4-5,8H,6-7,9H2,1-3H3,(H2,14,18,19). The number of nitrogens with two attached hydrogens (primary N) is 1. The number of hydrogen-bond donors (Lipinski definition) is 1. The van der Waals surface area contributed by atoms with E-state index in [9.17, 15) is 16.8 Å². The third-order valence-electron chi connectivity index (χ3n) is 3.18. The second-order valence-corrected chi connectivity index (χ2v) is 9.93. The van der Waals surface area contributed by atoms with Gasteiger partial charge in [-0.15, -0.1) is 0 Å². The van der Waals surface area contributed by atoms with Gasteiger partial charge in [-0.25, -0.2) is 22.0 Å². The van der Waals surface area contributed by atoms with Gasteiger partial charge in [0.05, 0.1) is 16.3 Å². The molecule has 0 amide bonds. The molecule has 1 aromatic carbocycles. The fraction of sp³-hybridized carbons (Fsp3) is 0.538. The molecule has 1 aliphatic rings. The molecule has 0 bridgehead atoms. The second-order valence-electron chi connectivity index (χ2n) is 6.47. The summed E-state index contributed by atoms with van der Waals surface area (Å²) in [6.45, 7) is 5.94. The van der Waals surface area contributed by atoms with E-state index in [-0.39, 0.29) is 16.1 Å². The van der Waals surface area contributed by atoms with Crippen molar-refractivity contribution in [2.24, 2.45) is 10.6 Å². The van der Waals surface area contributed by atoms with E-state index < -0.39 is 20.0 Å². The monoisotopic (exact) mass is 332 g/mol. The average molecular weight is 332 g/mol. The number of hydrogen-bond acceptors (Lipinski definition) is 4. The summed E-state index contributed by atoms with van der Waals surface area (Å²) in [5, 5.41) is 5.09. The highest BCUT2D eigenvalue weighted by Gasteiger charge is 2.33.